The fourth-order valence-electron chi connectivity index (χ4n) is 1.84. The summed E-state index contributed by atoms with van der Waals surface area (Å²) in [7, 11) is 1.66. The molecule has 4 heteroatoms. The number of rotatable bonds is 8. The molecule has 0 amide bonds. The number of aliphatic hydroxyl groups excluding tert-OH is 1. The molecule has 1 aromatic carbocycles. The van der Waals surface area contributed by atoms with Crippen LogP contribution in [-0.4, -0.2) is 44.6 Å². The van der Waals surface area contributed by atoms with Crippen molar-refractivity contribution in [2.45, 2.75) is 26.9 Å². The number of hydrogen-bond donors (Lipinski definition) is 2. The van der Waals surface area contributed by atoms with Crippen molar-refractivity contribution in [1.82, 2.24) is 5.32 Å². The summed E-state index contributed by atoms with van der Waals surface area (Å²) in [6, 6.07) is 4.14. The van der Waals surface area contributed by atoms with Crippen molar-refractivity contribution in [1.29, 1.82) is 0 Å². The Morgan fingerprint density at radius 2 is 2.00 bits per heavy atom. The molecule has 0 aliphatic rings. The van der Waals surface area contributed by atoms with Crippen molar-refractivity contribution in [2.24, 2.45) is 0 Å². The van der Waals surface area contributed by atoms with Crippen LogP contribution in [0.15, 0.2) is 12.1 Å². The molecule has 0 heterocycles. The molecule has 0 saturated heterocycles. The van der Waals surface area contributed by atoms with Gasteiger partial charge >= 0.3 is 0 Å². The van der Waals surface area contributed by atoms with E-state index in [1.54, 1.807) is 7.11 Å². The molecule has 0 aliphatic heterocycles. The first-order chi connectivity index (χ1) is 9.04. The van der Waals surface area contributed by atoms with Gasteiger partial charge in [-0.05, 0) is 43.5 Å². The zero-order valence-corrected chi connectivity index (χ0v) is 12.3. The Morgan fingerprint density at radius 3 is 2.68 bits per heavy atom. The molecular formula is C15H25NO3. The van der Waals surface area contributed by atoms with Crippen LogP contribution in [0.5, 0.6) is 5.75 Å². The molecule has 2 N–H and O–H groups in total. The molecule has 0 aromatic heterocycles. The lowest BCUT2D eigenvalue weighted by atomic mass is 10.1. The molecule has 0 saturated carbocycles. The van der Waals surface area contributed by atoms with Gasteiger partial charge < -0.3 is 19.9 Å². The van der Waals surface area contributed by atoms with E-state index in [4.69, 9.17) is 9.47 Å². The summed E-state index contributed by atoms with van der Waals surface area (Å²) in [5.74, 6) is 0.855. The van der Waals surface area contributed by atoms with E-state index in [2.05, 4.69) is 18.3 Å². The van der Waals surface area contributed by atoms with E-state index in [0.717, 1.165) is 17.9 Å². The van der Waals surface area contributed by atoms with Gasteiger partial charge in [-0.1, -0.05) is 6.07 Å². The first-order valence-electron chi connectivity index (χ1n) is 6.63. The molecule has 4 nitrogen and oxygen atoms in total. The van der Waals surface area contributed by atoms with Gasteiger partial charge in [-0.25, -0.2) is 0 Å². The fraction of sp³-hybridized carbons (Fsp3) is 0.600. The van der Waals surface area contributed by atoms with Crippen molar-refractivity contribution in [3.63, 3.8) is 0 Å². The summed E-state index contributed by atoms with van der Waals surface area (Å²) in [4.78, 5) is 0. The lowest BCUT2D eigenvalue weighted by molar-refractivity contribution is 0.103. The number of nitrogens with one attached hydrogen (secondary N) is 1. The monoisotopic (exact) mass is 267 g/mol. The van der Waals surface area contributed by atoms with Gasteiger partial charge in [0, 0.05) is 20.2 Å². The molecule has 108 valence electrons. The van der Waals surface area contributed by atoms with Crippen LogP contribution in [0.3, 0.4) is 0 Å². The van der Waals surface area contributed by atoms with E-state index < -0.39 is 6.10 Å². The average molecular weight is 267 g/mol. The standard InChI is InChI=1S/C15H25NO3/c1-11-7-12(2)13(3)15(8-11)19-10-14(17)9-16-5-6-18-4/h7-8,14,16-17H,5-6,9-10H2,1-4H3. The van der Waals surface area contributed by atoms with Gasteiger partial charge in [0.05, 0.1) is 6.61 Å². The van der Waals surface area contributed by atoms with Crippen molar-refractivity contribution in [3.8, 4) is 5.75 Å². The topological polar surface area (TPSA) is 50.7 Å². The molecule has 0 spiro atoms. The van der Waals surface area contributed by atoms with Crippen LogP contribution in [0.2, 0.25) is 0 Å². The third kappa shape index (κ3) is 5.59. The molecule has 1 atom stereocenters. The minimum Gasteiger partial charge on any atom is -0.491 e. The maximum absolute atomic E-state index is 9.81. The van der Waals surface area contributed by atoms with Gasteiger partial charge in [0.25, 0.3) is 0 Å². The Bertz CT molecular complexity index is 393. The largest absolute Gasteiger partial charge is 0.491 e. The van der Waals surface area contributed by atoms with Gasteiger partial charge in [0.1, 0.15) is 18.5 Å². The van der Waals surface area contributed by atoms with Gasteiger partial charge in [-0.3, -0.25) is 0 Å². The molecular weight excluding hydrogens is 242 g/mol. The first-order valence-corrected chi connectivity index (χ1v) is 6.63. The van der Waals surface area contributed by atoms with Gasteiger partial charge in [0.15, 0.2) is 0 Å². The number of aliphatic hydroxyl groups is 1. The second-order valence-electron chi connectivity index (χ2n) is 4.87. The third-order valence-corrected chi connectivity index (χ3v) is 3.06. The zero-order valence-electron chi connectivity index (χ0n) is 12.3. The number of benzene rings is 1. The Morgan fingerprint density at radius 1 is 1.26 bits per heavy atom. The number of aryl methyl sites for hydroxylation is 2. The van der Waals surface area contributed by atoms with E-state index in [1.807, 2.05) is 19.9 Å². The summed E-state index contributed by atoms with van der Waals surface area (Å²) in [5.41, 5.74) is 3.51. The molecule has 19 heavy (non-hydrogen) atoms. The van der Waals surface area contributed by atoms with Gasteiger partial charge in [-0.2, -0.15) is 0 Å². The highest BCUT2D eigenvalue weighted by Crippen LogP contribution is 2.23. The second kappa shape index (κ2) is 8.15. The summed E-state index contributed by atoms with van der Waals surface area (Å²) in [6.07, 6.45) is -0.517. The van der Waals surface area contributed by atoms with Crippen molar-refractivity contribution >= 4 is 0 Å². The van der Waals surface area contributed by atoms with Crippen LogP contribution in [0.1, 0.15) is 16.7 Å². The van der Waals surface area contributed by atoms with Crippen LogP contribution in [0.25, 0.3) is 0 Å². The Kier molecular flexibility index (Phi) is 6.84. The highest BCUT2D eigenvalue weighted by Gasteiger charge is 2.08. The van der Waals surface area contributed by atoms with Crippen LogP contribution >= 0.6 is 0 Å². The second-order valence-corrected chi connectivity index (χ2v) is 4.87. The maximum atomic E-state index is 9.81. The summed E-state index contributed by atoms with van der Waals surface area (Å²) < 4.78 is 10.6. The van der Waals surface area contributed by atoms with Gasteiger partial charge in [-0.15, -0.1) is 0 Å². The minimum absolute atomic E-state index is 0.295. The van der Waals surface area contributed by atoms with Crippen LogP contribution in [0.4, 0.5) is 0 Å². The average Bonchev–Trinajstić information content (AvgIpc) is 2.37. The normalized spacial score (nSPS) is 12.5. The van der Waals surface area contributed by atoms with Crippen molar-refractivity contribution in [3.05, 3.63) is 28.8 Å². The molecule has 0 radical (unpaired) electrons. The minimum atomic E-state index is -0.517. The number of methoxy groups -OCH3 is 1. The molecule has 1 aromatic rings. The van der Waals surface area contributed by atoms with E-state index in [9.17, 15) is 5.11 Å². The van der Waals surface area contributed by atoms with E-state index in [-0.39, 0.29) is 0 Å². The molecule has 0 fully saturated rings. The Labute approximate surface area is 115 Å². The zero-order chi connectivity index (χ0) is 14.3. The highest BCUT2D eigenvalue weighted by molar-refractivity contribution is 5.41. The lowest BCUT2D eigenvalue weighted by Gasteiger charge is -2.16. The van der Waals surface area contributed by atoms with Crippen LogP contribution in [-0.2, 0) is 4.74 Å². The summed E-state index contributed by atoms with van der Waals surface area (Å²) in [5, 5.41) is 12.9. The molecule has 1 rings (SSSR count). The Balaban J connectivity index is 2.39. The van der Waals surface area contributed by atoms with E-state index in [1.165, 1.54) is 11.1 Å². The highest BCUT2D eigenvalue weighted by atomic mass is 16.5. The lowest BCUT2D eigenvalue weighted by Crippen LogP contribution is -2.33. The van der Waals surface area contributed by atoms with E-state index >= 15 is 0 Å². The molecule has 0 aliphatic carbocycles. The van der Waals surface area contributed by atoms with Crippen molar-refractivity contribution < 1.29 is 14.6 Å². The quantitative estimate of drug-likeness (QED) is 0.702. The Hall–Kier alpha value is -1.10. The summed E-state index contributed by atoms with van der Waals surface area (Å²) >= 11 is 0. The third-order valence-electron chi connectivity index (χ3n) is 3.06. The SMILES string of the molecule is COCCNCC(O)COc1cc(C)cc(C)c1C. The maximum Gasteiger partial charge on any atom is 0.122 e. The predicted octanol–water partition coefficient (Wildman–Crippen LogP) is 1.59. The molecule has 0 bridgehead atoms. The predicted molar refractivity (Wildman–Crippen MR) is 76.9 cm³/mol. The van der Waals surface area contributed by atoms with Crippen LogP contribution in [0, 0.1) is 20.8 Å². The molecule has 1 unspecified atom stereocenters. The van der Waals surface area contributed by atoms with Crippen LogP contribution < -0.4 is 10.1 Å². The smallest absolute Gasteiger partial charge is 0.122 e. The first kappa shape index (κ1) is 16.0. The summed E-state index contributed by atoms with van der Waals surface area (Å²) in [6.45, 7) is 8.32. The van der Waals surface area contributed by atoms with E-state index in [0.29, 0.717) is 19.8 Å². The number of hydrogen-bond acceptors (Lipinski definition) is 4. The van der Waals surface area contributed by atoms with Gasteiger partial charge in [0.2, 0.25) is 0 Å². The van der Waals surface area contributed by atoms with Crippen molar-refractivity contribution in [2.75, 3.05) is 33.4 Å². The number of ether oxygens (including phenoxy) is 2. The fourth-order valence-corrected chi connectivity index (χ4v) is 1.84.